The average molecular weight is 427 g/mol. The van der Waals surface area contributed by atoms with Crippen LogP contribution in [0.2, 0.25) is 0 Å². The molecule has 0 spiro atoms. The van der Waals surface area contributed by atoms with Crippen LogP contribution in [-0.2, 0) is 0 Å². The summed E-state index contributed by atoms with van der Waals surface area (Å²) < 4.78 is 0. The van der Waals surface area contributed by atoms with Gasteiger partial charge in [0, 0.05) is 0 Å². The fourth-order valence-corrected chi connectivity index (χ4v) is 3.16. The van der Waals surface area contributed by atoms with Crippen molar-refractivity contribution in [3.05, 3.63) is 125 Å². The maximum absolute atomic E-state index is 3.83. The third-order valence-electron chi connectivity index (χ3n) is 4.90. The first-order valence-corrected chi connectivity index (χ1v) is 11.1. The van der Waals surface area contributed by atoms with Crippen molar-refractivity contribution < 1.29 is 0 Å². The first kappa shape index (κ1) is 28.9. The lowest BCUT2D eigenvalue weighted by Crippen LogP contribution is -1.88. The van der Waals surface area contributed by atoms with Gasteiger partial charge in [-0.3, -0.25) is 0 Å². The van der Waals surface area contributed by atoms with Crippen LogP contribution in [0.3, 0.4) is 0 Å². The lowest BCUT2D eigenvalue weighted by Gasteiger charge is -2.09. The highest BCUT2D eigenvalue weighted by molar-refractivity contribution is 5.79. The summed E-state index contributed by atoms with van der Waals surface area (Å²) in [5.41, 5.74) is 10.3. The molecule has 0 nitrogen and oxygen atoms in total. The van der Waals surface area contributed by atoms with E-state index in [0.717, 1.165) is 0 Å². The van der Waals surface area contributed by atoms with Gasteiger partial charge in [-0.15, -0.1) is 0 Å². The summed E-state index contributed by atoms with van der Waals surface area (Å²) in [4.78, 5) is 0. The summed E-state index contributed by atoms with van der Waals surface area (Å²) in [5, 5.41) is 0. The van der Waals surface area contributed by atoms with Crippen molar-refractivity contribution >= 4 is 5.57 Å². The van der Waals surface area contributed by atoms with Gasteiger partial charge < -0.3 is 0 Å². The number of aryl methyl sites for hydroxylation is 3. The molecule has 170 valence electrons. The number of benzene rings is 3. The summed E-state index contributed by atoms with van der Waals surface area (Å²) in [6.07, 6.45) is 6.11. The Hall–Kier alpha value is -3.12. The molecule has 0 amide bonds. The quantitative estimate of drug-likeness (QED) is 0.364. The first-order chi connectivity index (χ1) is 15.0. The predicted octanol–water partition coefficient (Wildman–Crippen LogP) is 10.2. The Morgan fingerprint density at radius 2 is 1.38 bits per heavy atom. The standard InChI is InChI=1S/C15H18.C14H14.C2H6.CH4/c1-5-9-14(12(3)6-2)15-11-8-7-10-13(15)4;1-11-6-8-13(9-7-11)14-5-3-4-12(2)10-14;1-2;/h5-11H,2H2,1,3-4H3;3-10H,1-2H3;1-2H3;1H4/b9-5-,14-12+;;;. The third kappa shape index (κ3) is 8.94. The van der Waals surface area contributed by atoms with E-state index in [9.17, 15) is 0 Å². The minimum Gasteiger partial charge on any atom is -0.0988 e. The molecule has 0 aliphatic carbocycles. The first-order valence-electron chi connectivity index (χ1n) is 11.1. The van der Waals surface area contributed by atoms with Crippen molar-refractivity contribution in [3.8, 4) is 11.1 Å². The van der Waals surface area contributed by atoms with Crippen molar-refractivity contribution in [2.24, 2.45) is 0 Å². The minimum atomic E-state index is 0. The monoisotopic (exact) mass is 426 g/mol. The van der Waals surface area contributed by atoms with E-state index in [1.54, 1.807) is 0 Å². The summed E-state index contributed by atoms with van der Waals surface area (Å²) >= 11 is 0. The van der Waals surface area contributed by atoms with E-state index in [2.05, 4.69) is 119 Å². The van der Waals surface area contributed by atoms with Crippen LogP contribution in [-0.4, -0.2) is 0 Å². The average Bonchev–Trinajstić information content (AvgIpc) is 2.80. The number of hydrogen-bond donors (Lipinski definition) is 0. The van der Waals surface area contributed by atoms with Gasteiger partial charge >= 0.3 is 0 Å². The smallest absolute Gasteiger partial charge is 0.0152 e. The van der Waals surface area contributed by atoms with E-state index in [1.165, 1.54) is 44.5 Å². The Morgan fingerprint density at radius 1 is 0.750 bits per heavy atom. The second kappa shape index (κ2) is 15.6. The van der Waals surface area contributed by atoms with Crippen molar-refractivity contribution in [2.75, 3.05) is 0 Å². The lowest BCUT2D eigenvalue weighted by atomic mass is 9.96. The molecule has 0 fully saturated rings. The Balaban J connectivity index is 0.000000542. The maximum atomic E-state index is 3.83. The van der Waals surface area contributed by atoms with Gasteiger partial charge in [-0.2, -0.15) is 0 Å². The molecule has 0 N–H and O–H groups in total. The van der Waals surface area contributed by atoms with Crippen LogP contribution in [0.15, 0.2) is 103 Å². The predicted molar refractivity (Wildman–Crippen MR) is 148 cm³/mol. The molecule has 0 saturated carbocycles. The summed E-state index contributed by atoms with van der Waals surface area (Å²) in [6, 6.07) is 25.7. The van der Waals surface area contributed by atoms with Crippen LogP contribution in [0.1, 0.15) is 57.4 Å². The molecular weight excluding hydrogens is 384 g/mol. The topological polar surface area (TPSA) is 0 Å². The largest absolute Gasteiger partial charge is 0.0988 e. The normalized spacial score (nSPS) is 10.6. The number of rotatable bonds is 4. The van der Waals surface area contributed by atoms with Crippen LogP contribution in [0.5, 0.6) is 0 Å². The highest BCUT2D eigenvalue weighted by atomic mass is 14.1. The van der Waals surface area contributed by atoms with E-state index in [-0.39, 0.29) is 7.43 Å². The van der Waals surface area contributed by atoms with Crippen LogP contribution in [0.25, 0.3) is 16.7 Å². The molecule has 0 heteroatoms. The van der Waals surface area contributed by atoms with Crippen LogP contribution in [0, 0.1) is 20.8 Å². The van der Waals surface area contributed by atoms with E-state index in [0.29, 0.717) is 0 Å². The molecule has 0 atom stereocenters. The molecule has 3 aromatic carbocycles. The van der Waals surface area contributed by atoms with Crippen LogP contribution >= 0.6 is 0 Å². The van der Waals surface area contributed by atoms with Gasteiger partial charge in [0.15, 0.2) is 0 Å². The molecule has 0 aliphatic heterocycles. The Morgan fingerprint density at radius 3 is 1.91 bits per heavy atom. The second-order valence-corrected chi connectivity index (χ2v) is 7.35. The minimum absolute atomic E-state index is 0. The molecule has 3 rings (SSSR count). The van der Waals surface area contributed by atoms with Crippen molar-refractivity contribution in [1.29, 1.82) is 0 Å². The van der Waals surface area contributed by atoms with Crippen LogP contribution < -0.4 is 0 Å². The second-order valence-electron chi connectivity index (χ2n) is 7.35. The van der Waals surface area contributed by atoms with Gasteiger partial charge in [-0.25, -0.2) is 0 Å². The SMILES string of the molecule is C.C=C/C(C)=C(\C=C/C)c1ccccc1C.CC.Cc1ccc(-c2cccc(C)c2)cc1. The molecule has 0 unspecified atom stereocenters. The van der Waals surface area contributed by atoms with Gasteiger partial charge in [0.05, 0.1) is 0 Å². The van der Waals surface area contributed by atoms with E-state index in [4.69, 9.17) is 0 Å². The molecule has 0 heterocycles. The highest BCUT2D eigenvalue weighted by Gasteiger charge is 2.03. The molecule has 0 radical (unpaired) electrons. The van der Waals surface area contributed by atoms with Crippen molar-refractivity contribution in [1.82, 2.24) is 0 Å². The zero-order valence-electron chi connectivity index (χ0n) is 20.4. The number of allylic oxidation sites excluding steroid dienone is 5. The van der Waals surface area contributed by atoms with Gasteiger partial charge in [-0.1, -0.05) is 130 Å². The van der Waals surface area contributed by atoms with Gasteiger partial charge in [-0.05, 0) is 68.0 Å². The Kier molecular flexibility index (Phi) is 14.1. The molecular formula is C32H42. The Labute approximate surface area is 198 Å². The maximum Gasteiger partial charge on any atom is -0.0152 e. The van der Waals surface area contributed by atoms with Crippen LogP contribution in [0.4, 0.5) is 0 Å². The summed E-state index contributed by atoms with van der Waals surface area (Å²) in [7, 11) is 0. The Bertz CT molecular complexity index is 998. The highest BCUT2D eigenvalue weighted by Crippen LogP contribution is 2.24. The molecule has 0 aromatic heterocycles. The third-order valence-corrected chi connectivity index (χ3v) is 4.90. The zero-order chi connectivity index (χ0) is 23.2. The van der Waals surface area contributed by atoms with Gasteiger partial charge in [0.1, 0.15) is 0 Å². The van der Waals surface area contributed by atoms with E-state index >= 15 is 0 Å². The molecule has 32 heavy (non-hydrogen) atoms. The lowest BCUT2D eigenvalue weighted by molar-refractivity contribution is 1.40. The summed E-state index contributed by atoms with van der Waals surface area (Å²) in [5.74, 6) is 0. The molecule has 0 bridgehead atoms. The van der Waals surface area contributed by atoms with Crippen molar-refractivity contribution in [2.45, 2.75) is 55.9 Å². The summed E-state index contributed by atoms with van der Waals surface area (Å²) in [6.45, 7) is 18.3. The molecule has 0 saturated heterocycles. The zero-order valence-corrected chi connectivity index (χ0v) is 20.4. The molecule has 0 aliphatic rings. The fourth-order valence-electron chi connectivity index (χ4n) is 3.16. The van der Waals surface area contributed by atoms with E-state index in [1.807, 2.05) is 26.8 Å². The number of hydrogen-bond acceptors (Lipinski definition) is 0. The van der Waals surface area contributed by atoms with E-state index < -0.39 is 0 Å². The molecule has 3 aromatic rings. The fraction of sp³-hybridized carbons (Fsp3) is 0.250. The van der Waals surface area contributed by atoms with Crippen molar-refractivity contribution in [3.63, 3.8) is 0 Å². The van der Waals surface area contributed by atoms with Gasteiger partial charge in [0.2, 0.25) is 0 Å². The van der Waals surface area contributed by atoms with Gasteiger partial charge in [0.25, 0.3) is 0 Å².